The van der Waals surface area contributed by atoms with Crippen LogP contribution in [0.1, 0.15) is 16.8 Å². The predicted octanol–water partition coefficient (Wildman–Crippen LogP) is 1.72. The summed E-state index contributed by atoms with van der Waals surface area (Å²) in [7, 11) is 0. The molecule has 1 aliphatic heterocycles. The summed E-state index contributed by atoms with van der Waals surface area (Å²) in [5.41, 5.74) is 0.514. The van der Waals surface area contributed by atoms with E-state index in [4.69, 9.17) is 11.6 Å². The summed E-state index contributed by atoms with van der Waals surface area (Å²) < 4.78 is 0.674. The molecule has 2 N–H and O–H groups in total. The summed E-state index contributed by atoms with van der Waals surface area (Å²) >= 11 is 9.10. The zero-order chi connectivity index (χ0) is 12.4. The highest BCUT2D eigenvalue weighted by Crippen LogP contribution is 2.23. The van der Waals surface area contributed by atoms with Crippen molar-refractivity contribution in [1.82, 2.24) is 10.6 Å². The first-order valence-corrected chi connectivity index (χ1v) is 6.26. The largest absolute Gasteiger partial charge is 0.354 e. The lowest BCUT2D eigenvalue weighted by molar-refractivity contribution is -0.119. The van der Waals surface area contributed by atoms with Crippen LogP contribution >= 0.6 is 27.5 Å². The van der Waals surface area contributed by atoms with Crippen molar-refractivity contribution in [2.24, 2.45) is 0 Å². The number of nitrogens with one attached hydrogen (secondary N) is 2. The van der Waals surface area contributed by atoms with E-state index >= 15 is 0 Å². The summed E-state index contributed by atoms with van der Waals surface area (Å²) in [6.45, 7) is 0.485. The van der Waals surface area contributed by atoms with Gasteiger partial charge in [-0.1, -0.05) is 11.6 Å². The molecule has 0 radical (unpaired) electrons. The second-order valence-electron chi connectivity index (χ2n) is 3.81. The molecule has 1 saturated heterocycles. The van der Waals surface area contributed by atoms with Gasteiger partial charge in [-0.2, -0.15) is 0 Å². The highest BCUT2D eigenvalue weighted by Gasteiger charge is 2.23. The van der Waals surface area contributed by atoms with Crippen molar-refractivity contribution < 1.29 is 9.59 Å². The van der Waals surface area contributed by atoms with Crippen molar-refractivity contribution >= 4 is 39.3 Å². The Morgan fingerprint density at radius 2 is 2.29 bits per heavy atom. The molecule has 0 aromatic heterocycles. The summed E-state index contributed by atoms with van der Waals surface area (Å²) in [6.07, 6.45) is 0.334. The molecule has 1 fully saturated rings. The average molecular weight is 318 g/mol. The third-order valence-electron chi connectivity index (χ3n) is 2.49. The van der Waals surface area contributed by atoms with Crippen LogP contribution in [-0.4, -0.2) is 24.4 Å². The lowest BCUT2D eigenvalue weighted by Gasteiger charge is -2.10. The summed E-state index contributed by atoms with van der Waals surface area (Å²) in [4.78, 5) is 22.8. The molecule has 6 heteroatoms. The number of hydrogen-bond donors (Lipinski definition) is 2. The number of hydrogen-bond acceptors (Lipinski definition) is 2. The van der Waals surface area contributed by atoms with E-state index in [1.807, 2.05) is 0 Å². The maximum Gasteiger partial charge on any atom is 0.251 e. The molecular weight excluding hydrogens is 307 g/mol. The third kappa shape index (κ3) is 2.98. The quantitative estimate of drug-likeness (QED) is 0.872. The molecule has 0 spiro atoms. The van der Waals surface area contributed by atoms with E-state index in [9.17, 15) is 9.59 Å². The van der Waals surface area contributed by atoms with E-state index in [-0.39, 0.29) is 17.9 Å². The average Bonchev–Trinajstić information content (AvgIpc) is 2.68. The molecule has 1 aromatic carbocycles. The molecule has 17 heavy (non-hydrogen) atoms. The molecule has 1 aliphatic rings. The van der Waals surface area contributed by atoms with E-state index < -0.39 is 0 Å². The van der Waals surface area contributed by atoms with E-state index in [0.717, 1.165) is 0 Å². The minimum absolute atomic E-state index is 0.0346. The number of amides is 2. The van der Waals surface area contributed by atoms with Crippen LogP contribution in [0.3, 0.4) is 0 Å². The van der Waals surface area contributed by atoms with Crippen LogP contribution in [0.2, 0.25) is 5.02 Å². The maximum absolute atomic E-state index is 11.9. The molecule has 0 aliphatic carbocycles. The molecule has 1 atom stereocenters. The Balaban J connectivity index is 2.04. The first kappa shape index (κ1) is 12.4. The van der Waals surface area contributed by atoms with E-state index in [1.54, 1.807) is 18.2 Å². The van der Waals surface area contributed by atoms with Crippen LogP contribution < -0.4 is 10.6 Å². The van der Waals surface area contributed by atoms with Crippen LogP contribution in [0.5, 0.6) is 0 Å². The Morgan fingerprint density at radius 3 is 2.88 bits per heavy atom. The molecule has 0 saturated carbocycles. The van der Waals surface area contributed by atoms with Crippen molar-refractivity contribution in [1.29, 1.82) is 0 Å². The molecule has 1 heterocycles. The number of rotatable bonds is 2. The fourth-order valence-electron chi connectivity index (χ4n) is 1.61. The summed E-state index contributed by atoms with van der Waals surface area (Å²) in [5, 5.41) is 6.00. The van der Waals surface area contributed by atoms with Gasteiger partial charge < -0.3 is 10.6 Å². The van der Waals surface area contributed by atoms with E-state index in [1.165, 1.54) is 0 Å². The zero-order valence-corrected chi connectivity index (χ0v) is 11.1. The van der Waals surface area contributed by atoms with Crippen LogP contribution in [0.25, 0.3) is 0 Å². The topological polar surface area (TPSA) is 58.2 Å². The minimum Gasteiger partial charge on any atom is -0.354 e. The van der Waals surface area contributed by atoms with Crippen LogP contribution in [0.4, 0.5) is 0 Å². The van der Waals surface area contributed by atoms with E-state index in [2.05, 4.69) is 26.6 Å². The van der Waals surface area contributed by atoms with Gasteiger partial charge in [-0.05, 0) is 34.1 Å². The fourth-order valence-corrected chi connectivity index (χ4v) is 2.11. The van der Waals surface area contributed by atoms with Gasteiger partial charge in [0.05, 0.1) is 11.1 Å². The normalized spacial score (nSPS) is 18.9. The van der Waals surface area contributed by atoms with Crippen molar-refractivity contribution in [2.75, 3.05) is 6.54 Å². The Kier molecular flexibility index (Phi) is 3.69. The summed E-state index contributed by atoms with van der Waals surface area (Å²) in [6, 6.07) is 4.82. The molecule has 2 amide bonds. The van der Waals surface area contributed by atoms with Gasteiger partial charge in [0.15, 0.2) is 0 Å². The van der Waals surface area contributed by atoms with Crippen molar-refractivity contribution in [3.8, 4) is 0 Å². The first-order valence-electron chi connectivity index (χ1n) is 5.09. The van der Waals surface area contributed by atoms with Crippen LogP contribution in [0, 0.1) is 0 Å². The fraction of sp³-hybridized carbons (Fsp3) is 0.273. The Bertz CT molecular complexity index is 479. The number of benzene rings is 1. The van der Waals surface area contributed by atoms with Crippen molar-refractivity contribution in [2.45, 2.75) is 12.5 Å². The Morgan fingerprint density at radius 1 is 1.53 bits per heavy atom. The van der Waals surface area contributed by atoms with Gasteiger partial charge in [-0.25, -0.2) is 0 Å². The molecule has 0 bridgehead atoms. The lowest BCUT2D eigenvalue weighted by Crippen LogP contribution is -2.36. The van der Waals surface area contributed by atoms with Gasteiger partial charge in [0.2, 0.25) is 5.91 Å². The zero-order valence-electron chi connectivity index (χ0n) is 8.80. The van der Waals surface area contributed by atoms with E-state index in [0.29, 0.717) is 28.0 Å². The third-order valence-corrected chi connectivity index (χ3v) is 3.71. The monoisotopic (exact) mass is 316 g/mol. The van der Waals surface area contributed by atoms with Gasteiger partial charge in [0.1, 0.15) is 0 Å². The number of carbonyl (C=O) groups is 2. The van der Waals surface area contributed by atoms with Gasteiger partial charge in [-0.3, -0.25) is 9.59 Å². The molecule has 2 rings (SSSR count). The van der Waals surface area contributed by atoms with Crippen molar-refractivity contribution in [3.63, 3.8) is 0 Å². The van der Waals surface area contributed by atoms with Crippen LogP contribution in [-0.2, 0) is 4.79 Å². The van der Waals surface area contributed by atoms with Crippen LogP contribution in [0.15, 0.2) is 22.7 Å². The van der Waals surface area contributed by atoms with Gasteiger partial charge in [0.25, 0.3) is 5.91 Å². The van der Waals surface area contributed by atoms with Gasteiger partial charge in [0, 0.05) is 23.0 Å². The predicted molar refractivity (Wildman–Crippen MR) is 68.0 cm³/mol. The maximum atomic E-state index is 11.9. The highest BCUT2D eigenvalue weighted by atomic mass is 79.9. The minimum atomic E-state index is -0.205. The molecule has 1 aromatic rings. The summed E-state index contributed by atoms with van der Waals surface area (Å²) in [5.74, 6) is -0.239. The number of carbonyl (C=O) groups excluding carboxylic acids is 2. The molecule has 4 nitrogen and oxygen atoms in total. The molecule has 1 unspecified atom stereocenters. The molecular formula is C11H10BrClN2O2. The SMILES string of the molecule is O=C1CC(NC(=O)c2ccc(Cl)c(Br)c2)CN1. The smallest absolute Gasteiger partial charge is 0.251 e. The Labute approximate surface area is 112 Å². The Hall–Kier alpha value is -1.07. The van der Waals surface area contributed by atoms with Gasteiger partial charge >= 0.3 is 0 Å². The lowest BCUT2D eigenvalue weighted by atomic mass is 10.2. The van der Waals surface area contributed by atoms with Gasteiger partial charge in [-0.15, -0.1) is 0 Å². The first-order chi connectivity index (χ1) is 8.06. The second-order valence-corrected chi connectivity index (χ2v) is 5.07. The standard InChI is InChI=1S/C11H10BrClN2O2/c12-8-3-6(1-2-9(8)13)11(17)15-7-4-10(16)14-5-7/h1-3,7H,4-5H2,(H,14,16)(H,15,17). The number of halogens is 2. The molecule has 90 valence electrons. The second kappa shape index (κ2) is 5.06. The highest BCUT2D eigenvalue weighted by molar-refractivity contribution is 9.10. The van der Waals surface area contributed by atoms with Crippen molar-refractivity contribution in [3.05, 3.63) is 33.3 Å².